The molecule has 33 heavy (non-hydrogen) atoms. The third-order valence-electron chi connectivity index (χ3n) is 5.82. The maximum atomic E-state index is 6.06. The molecule has 1 unspecified atom stereocenters. The van der Waals surface area contributed by atoms with Gasteiger partial charge in [0.1, 0.15) is 18.2 Å². The van der Waals surface area contributed by atoms with Gasteiger partial charge in [-0.15, -0.1) is 5.10 Å². The van der Waals surface area contributed by atoms with Crippen molar-refractivity contribution in [2.24, 2.45) is 0 Å². The van der Waals surface area contributed by atoms with Gasteiger partial charge in [0.15, 0.2) is 0 Å². The molecular formula is C27H25N5O. The number of ether oxygens (including phenoxy) is 1. The zero-order valence-electron chi connectivity index (χ0n) is 18.3. The smallest absolute Gasteiger partial charge is 0.149 e. The number of fused-ring (bicyclic) bond motifs is 1. The Balaban J connectivity index is 1.24. The predicted octanol–water partition coefficient (Wildman–Crippen LogP) is 5.29. The van der Waals surface area contributed by atoms with E-state index in [1.165, 1.54) is 11.1 Å². The number of aryl methyl sites for hydroxylation is 1. The summed E-state index contributed by atoms with van der Waals surface area (Å²) in [5.74, 6) is 1.99. The number of para-hydroxylation sites is 1. The SMILES string of the molecule is c1ccc(C(CCc2cccc(OCc3ccc4ccccc4n3)c2)Cc2nnn[nH]2)cc1. The quantitative estimate of drug-likeness (QED) is 0.341. The average Bonchev–Trinajstić information content (AvgIpc) is 3.39. The van der Waals surface area contributed by atoms with E-state index in [4.69, 9.17) is 9.72 Å². The Kier molecular flexibility index (Phi) is 6.33. The van der Waals surface area contributed by atoms with Gasteiger partial charge in [-0.05, 0) is 64.6 Å². The highest BCUT2D eigenvalue weighted by molar-refractivity contribution is 5.78. The summed E-state index contributed by atoms with van der Waals surface area (Å²) in [6.07, 6.45) is 2.70. The molecular weight excluding hydrogens is 410 g/mol. The lowest BCUT2D eigenvalue weighted by Crippen LogP contribution is -2.06. The van der Waals surface area contributed by atoms with Gasteiger partial charge in [-0.1, -0.05) is 66.7 Å². The Labute approximate surface area is 192 Å². The van der Waals surface area contributed by atoms with Crippen LogP contribution in [0.5, 0.6) is 5.75 Å². The Bertz CT molecular complexity index is 1300. The molecule has 0 saturated heterocycles. The van der Waals surface area contributed by atoms with E-state index in [1.807, 2.05) is 36.4 Å². The van der Waals surface area contributed by atoms with Gasteiger partial charge in [0.25, 0.3) is 0 Å². The van der Waals surface area contributed by atoms with E-state index in [1.54, 1.807) is 0 Å². The highest BCUT2D eigenvalue weighted by Gasteiger charge is 2.15. The summed E-state index contributed by atoms with van der Waals surface area (Å²) in [7, 11) is 0. The normalized spacial score (nSPS) is 12.0. The molecule has 2 heterocycles. The largest absolute Gasteiger partial charge is 0.487 e. The molecule has 5 rings (SSSR count). The molecule has 0 aliphatic carbocycles. The lowest BCUT2D eigenvalue weighted by Gasteiger charge is -2.16. The van der Waals surface area contributed by atoms with Crippen LogP contribution < -0.4 is 4.74 Å². The molecule has 6 heteroatoms. The zero-order valence-corrected chi connectivity index (χ0v) is 18.3. The van der Waals surface area contributed by atoms with Gasteiger partial charge in [0.05, 0.1) is 11.2 Å². The van der Waals surface area contributed by atoms with Crippen LogP contribution in [-0.4, -0.2) is 25.6 Å². The minimum absolute atomic E-state index is 0.326. The van der Waals surface area contributed by atoms with Crippen LogP contribution in [0, 0.1) is 0 Å². The van der Waals surface area contributed by atoms with Crippen LogP contribution in [0.1, 0.15) is 35.0 Å². The van der Waals surface area contributed by atoms with E-state index in [0.717, 1.165) is 47.4 Å². The number of tetrazole rings is 1. The van der Waals surface area contributed by atoms with Crippen molar-refractivity contribution in [3.8, 4) is 5.75 Å². The first kappa shape index (κ1) is 20.8. The number of aromatic nitrogens is 5. The van der Waals surface area contributed by atoms with E-state index >= 15 is 0 Å². The van der Waals surface area contributed by atoms with Crippen molar-refractivity contribution in [2.75, 3.05) is 0 Å². The van der Waals surface area contributed by atoms with Crippen LogP contribution in [0.15, 0.2) is 91.0 Å². The second-order valence-corrected chi connectivity index (χ2v) is 8.13. The number of hydrogen-bond donors (Lipinski definition) is 1. The van der Waals surface area contributed by atoms with E-state index in [-0.39, 0.29) is 0 Å². The first-order valence-electron chi connectivity index (χ1n) is 11.2. The van der Waals surface area contributed by atoms with Gasteiger partial charge in [-0.3, -0.25) is 0 Å². The molecule has 5 aromatic rings. The molecule has 2 aromatic heterocycles. The number of hydrogen-bond acceptors (Lipinski definition) is 5. The van der Waals surface area contributed by atoms with E-state index in [0.29, 0.717) is 12.5 Å². The summed E-state index contributed by atoms with van der Waals surface area (Å²) < 4.78 is 6.06. The zero-order chi connectivity index (χ0) is 22.3. The van der Waals surface area contributed by atoms with Crippen molar-refractivity contribution in [3.05, 3.63) is 114 Å². The van der Waals surface area contributed by atoms with Crippen molar-refractivity contribution in [1.82, 2.24) is 25.6 Å². The van der Waals surface area contributed by atoms with Crippen LogP contribution in [0.2, 0.25) is 0 Å². The fourth-order valence-corrected chi connectivity index (χ4v) is 4.09. The number of aromatic amines is 1. The summed E-state index contributed by atoms with van der Waals surface area (Å²) >= 11 is 0. The number of nitrogens with zero attached hydrogens (tertiary/aromatic N) is 4. The van der Waals surface area contributed by atoms with Crippen LogP contribution in [0.4, 0.5) is 0 Å². The van der Waals surface area contributed by atoms with Crippen molar-refractivity contribution >= 4 is 10.9 Å². The standard InChI is InChI=1S/C27H25N5O/c1-2-8-21(9-3-1)23(18-27-29-31-32-30-27)14-13-20-7-6-11-25(17-20)33-19-24-16-15-22-10-4-5-12-26(22)28-24/h1-12,15-17,23H,13-14,18-19H2,(H,29,30,31,32). The third kappa shape index (κ3) is 5.41. The number of H-pyrrole nitrogens is 1. The van der Waals surface area contributed by atoms with E-state index < -0.39 is 0 Å². The van der Waals surface area contributed by atoms with Crippen molar-refractivity contribution in [2.45, 2.75) is 31.8 Å². The van der Waals surface area contributed by atoms with Gasteiger partial charge < -0.3 is 4.74 Å². The van der Waals surface area contributed by atoms with Crippen LogP contribution in [-0.2, 0) is 19.4 Å². The first-order chi connectivity index (χ1) is 16.3. The molecule has 0 aliphatic heterocycles. The highest BCUT2D eigenvalue weighted by Crippen LogP contribution is 2.26. The monoisotopic (exact) mass is 435 g/mol. The van der Waals surface area contributed by atoms with Crippen molar-refractivity contribution < 1.29 is 4.74 Å². The maximum Gasteiger partial charge on any atom is 0.149 e. The minimum Gasteiger partial charge on any atom is -0.487 e. The van der Waals surface area contributed by atoms with Crippen molar-refractivity contribution in [1.29, 1.82) is 0 Å². The van der Waals surface area contributed by atoms with Crippen molar-refractivity contribution in [3.63, 3.8) is 0 Å². The molecule has 6 nitrogen and oxygen atoms in total. The summed E-state index contributed by atoms with van der Waals surface area (Å²) in [6, 6.07) is 31.1. The lowest BCUT2D eigenvalue weighted by atomic mass is 9.89. The molecule has 0 saturated carbocycles. The van der Waals surface area contributed by atoms with E-state index in [2.05, 4.69) is 75.2 Å². The molecule has 3 aromatic carbocycles. The molecule has 164 valence electrons. The summed E-state index contributed by atoms with van der Waals surface area (Å²) in [5, 5.41) is 15.5. The number of rotatable bonds is 9. The molecule has 0 radical (unpaired) electrons. The summed E-state index contributed by atoms with van der Waals surface area (Å²) in [4.78, 5) is 4.70. The Hall–Kier alpha value is -4.06. The topological polar surface area (TPSA) is 76.6 Å². The Morgan fingerprint density at radius 2 is 1.73 bits per heavy atom. The molecule has 0 fully saturated rings. The van der Waals surface area contributed by atoms with Crippen LogP contribution >= 0.6 is 0 Å². The van der Waals surface area contributed by atoms with Gasteiger partial charge in [-0.25, -0.2) is 10.1 Å². The summed E-state index contributed by atoms with van der Waals surface area (Å²) in [5.41, 5.74) is 4.45. The summed E-state index contributed by atoms with van der Waals surface area (Å²) in [6.45, 7) is 0.444. The number of pyridine rings is 1. The van der Waals surface area contributed by atoms with E-state index in [9.17, 15) is 0 Å². The molecule has 0 amide bonds. The van der Waals surface area contributed by atoms with Gasteiger partial charge in [0, 0.05) is 11.8 Å². The molecule has 0 aliphatic rings. The molecule has 1 atom stereocenters. The van der Waals surface area contributed by atoms with Gasteiger partial charge in [0.2, 0.25) is 0 Å². The van der Waals surface area contributed by atoms with Crippen LogP contribution in [0.3, 0.4) is 0 Å². The maximum absolute atomic E-state index is 6.06. The molecule has 0 bridgehead atoms. The first-order valence-corrected chi connectivity index (χ1v) is 11.2. The Morgan fingerprint density at radius 1 is 0.848 bits per heavy atom. The lowest BCUT2D eigenvalue weighted by molar-refractivity contribution is 0.301. The second kappa shape index (κ2) is 10.0. The minimum atomic E-state index is 0.326. The van der Waals surface area contributed by atoms with Gasteiger partial charge in [-0.2, -0.15) is 0 Å². The fourth-order valence-electron chi connectivity index (χ4n) is 4.09. The molecule has 0 spiro atoms. The number of nitrogens with one attached hydrogen (secondary N) is 1. The third-order valence-corrected chi connectivity index (χ3v) is 5.82. The highest BCUT2D eigenvalue weighted by atomic mass is 16.5. The van der Waals surface area contributed by atoms with Crippen LogP contribution in [0.25, 0.3) is 10.9 Å². The fraction of sp³-hybridized carbons (Fsp3) is 0.185. The predicted molar refractivity (Wildman–Crippen MR) is 128 cm³/mol. The second-order valence-electron chi connectivity index (χ2n) is 8.13. The van der Waals surface area contributed by atoms with Gasteiger partial charge >= 0.3 is 0 Å². The number of benzene rings is 3. The molecule has 1 N–H and O–H groups in total. The average molecular weight is 436 g/mol. The Morgan fingerprint density at radius 3 is 2.61 bits per heavy atom.